The van der Waals surface area contributed by atoms with Crippen LogP contribution in [-0.2, 0) is 23.8 Å². The van der Waals surface area contributed by atoms with Crippen LogP contribution in [0.1, 0.15) is 37.6 Å². The molecule has 0 saturated carbocycles. The number of hydrogen-bond donors (Lipinski definition) is 2. The van der Waals surface area contributed by atoms with Gasteiger partial charge in [0.1, 0.15) is 0 Å². The summed E-state index contributed by atoms with van der Waals surface area (Å²) in [6.45, 7) is 5.86. The predicted octanol–water partition coefficient (Wildman–Crippen LogP) is 2.47. The highest BCUT2D eigenvalue weighted by Gasteiger charge is 2.28. The fraction of sp³-hybridized carbons (Fsp3) is 0.421. The van der Waals surface area contributed by atoms with Crippen LogP contribution in [0.15, 0.2) is 30.0 Å². The van der Waals surface area contributed by atoms with Crippen molar-refractivity contribution in [2.75, 3.05) is 30.5 Å². The van der Waals surface area contributed by atoms with Gasteiger partial charge in [0.15, 0.2) is 0 Å². The lowest BCUT2D eigenvalue weighted by atomic mass is 10.0. The maximum absolute atomic E-state index is 12.3. The van der Waals surface area contributed by atoms with Gasteiger partial charge in [-0.1, -0.05) is 0 Å². The van der Waals surface area contributed by atoms with Crippen molar-refractivity contribution in [1.29, 1.82) is 0 Å². The molecule has 0 saturated heterocycles. The monoisotopic (exact) mass is 376 g/mol. The SMILES string of the molecule is CCOC(=O)C[C@@H]1Nc2cc(C(=O)OCC)ccc2NC=C1C(=O)OCC. The largest absolute Gasteiger partial charge is 0.466 e. The topological polar surface area (TPSA) is 103 Å². The number of nitrogens with one attached hydrogen (secondary N) is 2. The second kappa shape index (κ2) is 9.61. The minimum atomic E-state index is -0.672. The molecule has 8 heteroatoms. The lowest BCUT2D eigenvalue weighted by Gasteiger charge is -2.20. The molecular weight excluding hydrogens is 352 g/mol. The first kappa shape index (κ1) is 20.3. The second-order valence-electron chi connectivity index (χ2n) is 5.65. The van der Waals surface area contributed by atoms with Gasteiger partial charge in [0.25, 0.3) is 0 Å². The standard InChI is InChI=1S/C19H24N2O6/c1-4-25-17(22)10-15-13(19(24)27-6-3)11-20-14-8-7-12(9-16(14)21-15)18(23)26-5-2/h7-9,11,15,20-21H,4-6,10H2,1-3H3/t15-/m0/s1. The summed E-state index contributed by atoms with van der Waals surface area (Å²) >= 11 is 0. The van der Waals surface area contributed by atoms with Crippen molar-refractivity contribution in [2.45, 2.75) is 33.2 Å². The molecule has 0 unspecified atom stereocenters. The molecule has 0 fully saturated rings. The molecule has 0 bridgehead atoms. The molecule has 27 heavy (non-hydrogen) atoms. The molecule has 1 aliphatic rings. The first-order valence-electron chi connectivity index (χ1n) is 8.87. The van der Waals surface area contributed by atoms with Gasteiger partial charge >= 0.3 is 17.9 Å². The molecule has 2 rings (SSSR count). The van der Waals surface area contributed by atoms with Crippen molar-refractivity contribution < 1.29 is 28.6 Å². The van der Waals surface area contributed by atoms with Gasteiger partial charge < -0.3 is 24.8 Å². The number of rotatable bonds is 7. The summed E-state index contributed by atoms with van der Waals surface area (Å²) in [7, 11) is 0. The van der Waals surface area contributed by atoms with Crippen molar-refractivity contribution in [3.05, 3.63) is 35.5 Å². The van der Waals surface area contributed by atoms with Crippen molar-refractivity contribution in [1.82, 2.24) is 0 Å². The van der Waals surface area contributed by atoms with Crippen LogP contribution < -0.4 is 10.6 Å². The molecule has 146 valence electrons. The Morgan fingerprint density at radius 1 is 0.926 bits per heavy atom. The molecule has 0 radical (unpaired) electrons. The van der Waals surface area contributed by atoms with E-state index in [0.29, 0.717) is 16.9 Å². The van der Waals surface area contributed by atoms with Gasteiger partial charge in [-0.15, -0.1) is 0 Å². The quantitative estimate of drug-likeness (QED) is 0.553. The average molecular weight is 376 g/mol. The van der Waals surface area contributed by atoms with E-state index in [9.17, 15) is 14.4 Å². The Labute approximate surface area is 157 Å². The molecule has 2 N–H and O–H groups in total. The Kier molecular flexibility index (Phi) is 7.22. The van der Waals surface area contributed by atoms with Crippen LogP contribution in [-0.4, -0.2) is 43.8 Å². The van der Waals surface area contributed by atoms with Gasteiger partial charge in [-0.3, -0.25) is 4.79 Å². The highest BCUT2D eigenvalue weighted by atomic mass is 16.5. The zero-order valence-electron chi connectivity index (χ0n) is 15.7. The van der Waals surface area contributed by atoms with E-state index in [1.54, 1.807) is 39.0 Å². The maximum atomic E-state index is 12.3. The van der Waals surface area contributed by atoms with Crippen LogP contribution in [0.3, 0.4) is 0 Å². The molecule has 0 spiro atoms. The number of fused-ring (bicyclic) bond motifs is 1. The Morgan fingerprint density at radius 2 is 1.59 bits per heavy atom. The first-order chi connectivity index (χ1) is 13.0. The van der Waals surface area contributed by atoms with E-state index in [1.807, 2.05) is 0 Å². The second-order valence-corrected chi connectivity index (χ2v) is 5.65. The Bertz CT molecular complexity index is 744. The van der Waals surface area contributed by atoms with Gasteiger partial charge in [0, 0.05) is 6.20 Å². The highest BCUT2D eigenvalue weighted by molar-refractivity contribution is 5.96. The van der Waals surface area contributed by atoms with E-state index in [4.69, 9.17) is 14.2 Å². The number of anilines is 2. The fourth-order valence-electron chi connectivity index (χ4n) is 2.62. The summed E-state index contributed by atoms with van der Waals surface area (Å²) in [6, 6.07) is 4.25. The smallest absolute Gasteiger partial charge is 0.338 e. The molecule has 1 aromatic carbocycles. The van der Waals surface area contributed by atoms with E-state index >= 15 is 0 Å². The third-order valence-corrected chi connectivity index (χ3v) is 3.81. The Balaban J connectivity index is 2.33. The molecule has 1 atom stereocenters. The lowest BCUT2D eigenvalue weighted by Crippen LogP contribution is -2.30. The summed E-state index contributed by atoms with van der Waals surface area (Å²) in [5.41, 5.74) is 1.83. The maximum Gasteiger partial charge on any atom is 0.338 e. The normalized spacial score (nSPS) is 15.2. The third-order valence-electron chi connectivity index (χ3n) is 3.81. The summed E-state index contributed by atoms with van der Waals surface area (Å²) in [5, 5.41) is 6.15. The third kappa shape index (κ3) is 5.22. The molecule has 0 aliphatic carbocycles. The van der Waals surface area contributed by atoms with E-state index < -0.39 is 23.9 Å². The van der Waals surface area contributed by atoms with Gasteiger partial charge in [-0.25, -0.2) is 9.59 Å². The van der Waals surface area contributed by atoms with E-state index in [-0.39, 0.29) is 31.8 Å². The summed E-state index contributed by atoms with van der Waals surface area (Å²) in [4.78, 5) is 36.3. The molecule has 0 aromatic heterocycles. The zero-order chi connectivity index (χ0) is 19.8. The van der Waals surface area contributed by atoms with Gasteiger partial charge in [0.2, 0.25) is 0 Å². The molecule has 8 nitrogen and oxygen atoms in total. The van der Waals surface area contributed by atoms with Crippen molar-refractivity contribution in [3.8, 4) is 0 Å². The van der Waals surface area contributed by atoms with Crippen LogP contribution in [0.4, 0.5) is 11.4 Å². The van der Waals surface area contributed by atoms with E-state index in [2.05, 4.69) is 10.6 Å². The number of ether oxygens (including phenoxy) is 3. The van der Waals surface area contributed by atoms with E-state index in [1.165, 1.54) is 6.20 Å². The number of carbonyl (C=O) groups excluding carboxylic acids is 3. The molecule has 1 aromatic rings. The van der Waals surface area contributed by atoms with Crippen LogP contribution in [0.5, 0.6) is 0 Å². The first-order valence-corrected chi connectivity index (χ1v) is 8.87. The van der Waals surface area contributed by atoms with Crippen LogP contribution in [0, 0.1) is 0 Å². The molecular formula is C19H24N2O6. The van der Waals surface area contributed by atoms with Gasteiger partial charge in [-0.05, 0) is 39.0 Å². The number of carbonyl (C=O) groups is 3. The molecule has 1 aliphatic heterocycles. The minimum absolute atomic E-state index is 0.0662. The predicted molar refractivity (Wildman–Crippen MR) is 99.4 cm³/mol. The van der Waals surface area contributed by atoms with Crippen molar-refractivity contribution >= 4 is 29.3 Å². The van der Waals surface area contributed by atoms with Gasteiger partial charge in [0.05, 0.1) is 54.8 Å². The van der Waals surface area contributed by atoms with Crippen LogP contribution >= 0.6 is 0 Å². The lowest BCUT2D eigenvalue weighted by molar-refractivity contribution is -0.143. The van der Waals surface area contributed by atoms with Crippen LogP contribution in [0.25, 0.3) is 0 Å². The number of hydrogen-bond acceptors (Lipinski definition) is 8. The van der Waals surface area contributed by atoms with Crippen LogP contribution in [0.2, 0.25) is 0 Å². The number of benzene rings is 1. The summed E-state index contributed by atoms with van der Waals surface area (Å²) in [5.74, 6) is -1.44. The number of esters is 3. The fourth-order valence-corrected chi connectivity index (χ4v) is 2.62. The molecule has 0 amide bonds. The van der Waals surface area contributed by atoms with E-state index in [0.717, 1.165) is 0 Å². The minimum Gasteiger partial charge on any atom is -0.466 e. The Morgan fingerprint density at radius 3 is 2.26 bits per heavy atom. The summed E-state index contributed by atoms with van der Waals surface area (Å²) in [6.07, 6.45) is 1.44. The van der Waals surface area contributed by atoms with Gasteiger partial charge in [-0.2, -0.15) is 0 Å². The zero-order valence-corrected chi connectivity index (χ0v) is 15.7. The Hall–Kier alpha value is -3.03. The average Bonchev–Trinajstić information content (AvgIpc) is 2.80. The highest BCUT2D eigenvalue weighted by Crippen LogP contribution is 2.30. The van der Waals surface area contributed by atoms with Crippen molar-refractivity contribution in [2.24, 2.45) is 0 Å². The van der Waals surface area contributed by atoms with Crippen molar-refractivity contribution in [3.63, 3.8) is 0 Å². The summed E-state index contributed by atoms with van der Waals surface area (Å²) < 4.78 is 15.1. The molecule has 1 heterocycles.